The number of benzene rings is 1. The molecule has 0 spiro atoms. The van der Waals surface area contributed by atoms with Gasteiger partial charge in [0.15, 0.2) is 5.05 Å². The maximum atomic E-state index is 9.34. The van der Waals surface area contributed by atoms with Crippen LogP contribution in [-0.2, 0) is 32.4 Å². The van der Waals surface area contributed by atoms with Crippen molar-refractivity contribution in [1.82, 2.24) is 0 Å². The van der Waals surface area contributed by atoms with E-state index in [2.05, 4.69) is 0 Å². The van der Waals surface area contributed by atoms with Crippen molar-refractivity contribution in [2.75, 3.05) is 6.61 Å². The quantitative estimate of drug-likeness (QED) is 0.627. The molecule has 1 N–H and O–H groups in total. The Bertz CT molecular complexity index is 289. The van der Waals surface area contributed by atoms with E-state index < -0.39 is 0 Å². The SMILES string of the molecule is CCOC(=S)c1ccccc1O.[Hg]. The van der Waals surface area contributed by atoms with Crippen LogP contribution in [0.3, 0.4) is 0 Å². The van der Waals surface area contributed by atoms with Crippen LogP contribution in [0.5, 0.6) is 5.75 Å². The summed E-state index contributed by atoms with van der Waals surface area (Å²) >= 11 is 4.92. The predicted molar refractivity (Wildman–Crippen MR) is 51.4 cm³/mol. The standard InChI is InChI=1S/C9H10O2S.Hg/c1-2-11-9(12)7-5-3-4-6-8(7)10;/h3-6,10H,2H2,1H3;. The molecule has 1 rings (SSSR count). The van der Waals surface area contributed by atoms with Crippen molar-refractivity contribution in [1.29, 1.82) is 0 Å². The monoisotopic (exact) mass is 384 g/mol. The Labute approximate surface area is 103 Å². The molecular weight excluding hydrogens is 373 g/mol. The fourth-order valence-electron chi connectivity index (χ4n) is 0.855. The van der Waals surface area contributed by atoms with Gasteiger partial charge >= 0.3 is 0 Å². The summed E-state index contributed by atoms with van der Waals surface area (Å²) in [7, 11) is 0. The van der Waals surface area contributed by atoms with Crippen LogP contribution in [0.25, 0.3) is 0 Å². The van der Waals surface area contributed by atoms with E-state index in [9.17, 15) is 5.11 Å². The first-order chi connectivity index (χ1) is 5.75. The van der Waals surface area contributed by atoms with Crippen molar-refractivity contribution >= 4 is 17.3 Å². The normalized spacial score (nSPS) is 8.69. The maximum absolute atomic E-state index is 9.34. The number of phenolic OH excluding ortho intramolecular Hbond substituents is 1. The van der Waals surface area contributed by atoms with E-state index in [4.69, 9.17) is 17.0 Å². The molecular formula is C9H10HgO2S. The number of thiocarbonyl (C=S) groups is 1. The van der Waals surface area contributed by atoms with E-state index >= 15 is 0 Å². The van der Waals surface area contributed by atoms with Crippen molar-refractivity contribution < 1.29 is 37.5 Å². The number of phenols is 1. The van der Waals surface area contributed by atoms with Crippen molar-refractivity contribution in [2.24, 2.45) is 0 Å². The minimum absolute atomic E-state index is 0. The van der Waals surface area contributed by atoms with Gasteiger partial charge in [-0.05, 0) is 31.3 Å². The summed E-state index contributed by atoms with van der Waals surface area (Å²) in [6.45, 7) is 2.37. The number of para-hydroxylation sites is 1. The molecule has 1 aromatic carbocycles. The number of ether oxygens (including phenoxy) is 1. The fourth-order valence-corrected chi connectivity index (χ4v) is 1.15. The molecule has 0 saturated heterocycles. The van der Waals surface area contributed by atoms with Gasteiger partial charge in [-0.1, -0.05) is 12.1 Å². The molecule has 66 valence electrons. The molecule has 0 atom stereocenters. The number of hydrogen-bond donors (Lipinski definition) is 1. The van der Waals surface area contributed by atoms with E-state index in [1.165, 1.54) is 0 Å². The third-order valence-corrected chi connectivity index (χ3v) is 1.74. The van der Waals surface area contributed by atoms with Gasteiger partial charge in [0, 0.05) is 27.7 Å². The predicted octanol–water partition coefficient (Wildman–Crippen LogP) is 2.10. The van der Waals surface area contributed by atoms with Gasteiger partial charge in [-0.25, -0.2) is 0 Å². The van der Waals surface area contributed by atoms with E-state index in [1.54, 1.807) is 24.3 Å². The van der Waals surface area contributed by atoms with Gasteiger partial charge in [-0.2, -0.15) is 0 Å². The Hall–Kier alpha value is -0.155. The third kappa shape index (κ3) is 3.61. The molecule has 0 amide bonds. The zero-order valence-corrected chi connectivity index (χ0v) is 13.8. The van der Waals surface area contributed by atoms with Crippen LogP contribution >= 0.6 is 12.2 Å². The third-order valence-electron chi connectivity index (χ3n) is 1.40. The molecule has 0 radical (unpaired) electrons. The second-order valence-electron chi connectivity index (χ2n) is 2.24. The first kappa shape index (κ1) is 12.8. The summed E-state index contributed by atoms with van der Waals surface area (Å²) in [6.07, 6.45) is 0. The fraction of sp³-hybridized carbons (Fsp3) is 0.222. The number of aromatic hydroxyl groups is 1. The second kappa shape index (κ2) is 6.32. The molecule has 0 heterocycles. The molecule has 0 aliphatic heterocycles. The van der Waals surface area contributed by atoms with Crippen LogP contribution in [0.15, 0.2) is 24.3 Å². The van der Waals surface area contributed by atoms with Crippen LogP contribution in [0.4, 0.5) is 0 Å². The van der Waals surface area contributed by atoms with Gasteiger partial charge in [-0.3, -0.25) is 0 Å². The number of hydrogen-bond acceptors (Lipinski definition) is 3. The molecule has 2 nitrogen and oxygen atoms in total. The first-order valence-electron chi connectivity index (χ1n) is 3.70. The maximum Gasteiger partial charge on any atom is 0.194 e. The van der Waals surface area contributed by atoms with Crippen LogP contribution < -0.4 is 0 Å². The van der Waals surface area contributed by atoms with Crippen molar-refractivity contribution in [3.63, 3.8) is 0 Å². The van der Waals surface area contributed by atoms with Crippen molar-refractivity contribution in [3.05, 3.63) is 29.8 Å². The largest absolute Gasteiger partial charge is 0.507 e. The molecule has 0 aliphatic rings. The summed E-state index contributed by atoms with van der Waals surface area (Å²) in [5.74, 6) is 0.163. The zero-order chi connectivity index (χ0) is 8.97. The van der Waals surface area contributed by atoms with Gasteiger partial charge in [0.1, 0.15) is 5.75 Å². The summed E-state index contributed by atoms with van der Waals surface area (Å²) in [5.41, 5.74) is 0.578. The summed E-state index contributed by atoms with van der Waals surface area (Å²) < 4.78 is 5.08. The van der Waals surface area contributed by atoms with Gasteiger partial charge in [0.05, 0.1) is 12.2 Å². The minimum Gasteiger partial charge on any atom is -0.507 e. The van der Waals surface area contributed by atoms with Crippen LogP contribution in [0.1, 0.15) is 12.5 Å². The van der Waals surface area contributed by atoms with Crippen LogP contribution in [-0.4, -0.2) is 16.8 Å². The van der Waals surface area contributed by atoms with E-state index in [-0.39, 0.29) is 33.4 Å². The average Bonchev–Trinajstić information content (AvgIpc) is 2.05. The molecule has 0 aromatic heterocycles. The van der Waals surface area contributed by atoms with E-state index in [0.717, 1.165) is 0 Å². The Morgan fingerprint density at radius 2 is 2.08 bits per heavy atom. The Kier molecular flexibility index (Phi) is 6.25. The van der Waals surface area contributed by atoms with Crippen molar-refractivity contribution in [2.45, 2.75) is 6.92 Å². The first-order valence-corrected chi connectivity index (χ1v) is 4.11. The topological polar surface area (TPSA) is 29.5 Å². The number of rotatable bonds is 2. The molecule has 0 unspecified atom stereocenters. The Balaban J connectivity index is 0.00000144. The van der Waals surface area contributed by atoms with Crippen molar-refractivity contribution in [3.8, 4) is 5.75 Å². The molecule has 13 heavy (non-hydrogen) atoms. The minimum atomic E-state index is 0. The molecule has 0 aliphatic carbocycles. The molecule has 1 aromatic rings. The molecule has 0 saturated carbocycles. The molecule has 0 fully saturated rings. The Morgan fingerprint density at radius 3 is 2.62 bits per heavy atom. The smallest absolute Gasteiger partial charge is 0.194 e. The second-order valence-corrected chi connectivity index (χ2v) is 2.61. The average molecular weight is 383 g/mol. The Morgan fingerprint density at radius 1 is 1.46 bits per heavy atom. The van der Waals surface area contributed by atoms with Gasteiger partial charge in [0.2, 0.25) is 0 Å². The zero-order valence-electron chi connectivity index (χ0n) is 7.49. The molecule has 0 bridgehead atoms. The van der Waals surface area contributed by atoms with E-state index in [0.29, 0.717) is 17.2 Å². The summed E-state index contributed by atoms with van der Waals surface area (Å²) in [5, 5.41) is 9.68. The van der Waals surface area contributed by atoms with Gasteiger partial charge < -0.3 is 9.84 Å². The summed E-state index contributed by atoms with van der Waals surface area (Å²) in [6, 6.07) is 6.86. The molecule has 4 heteroatoms. The van der Waals surface area contributed by atoms with Crippen LogP contribution in [0.2, 0.25) is 0 Å². The van der Waals surface area contributed by atoms with Gasteiger partial charge in [0.25, 0.3) is 0 Å². The van der Waals surface area contributed by atoms with Crippen LogP contribution in [0, 0.1) is 0 Å². The van der Waals surface area contributed by atoms with E-state index in [1.807, 2.05) is 6.92 Å². The van der Waals surface area contributed by atoms with Gasteiger partial charge in [-0.15, -0.1) is 0 Å². The summed E-state index contributed by atoms with van der Waals surface area (Å²) in [4.78, 5) is 0.